The van der Waals surface area contributed by atoms with E-state index in [4.69, 9.17) is 22.2 Å². The summed E-state index contributed by atoms with van der Waals surface area (Å²) in [7, 11) is 0. The van der Waals surface area contributed by atoms with Gasteiger partial charge in [-0.15, -0.1) is 0 Å². The molecule has 0 unspecified atom stereocenters. The molecular formula is C15H19ClN4O. The summed E-state index contributed by atoms with van der Waals surface area (Å²) < 4.78 is 5.81. The minimum atomic E-state index is 0.190. The average molecular weight is 307 g/mol. The van der Waals surface area contributed by atoms with Crippen LogP contribution in [0.15, 0.2) is 24.3 Å². The largest absolute Gasteiger partial charge is 0.472 e. The molecule has 0 atom stereocenters. The van der Waals surface area contributed by atoms with Crippen molar-refractivity contribution < 1.29 is 4.74 Å². The van der Waals surface area contributed by atoms with Gasteiger partial charge in [0.1, 0.15) is 18.2 Å². The van der Waals surface area contributed by atoms with E-state index < -0.39 is 0 Å². The molecule has 0 spiro atoms. The maximum absolute atomic E-state index is 5.87. The molecule has 0 bridgehead atoms. The number of hydrogen-bond donors (Lipinski definition) is 2. The van der Waals surface area contributed by atoms with Gasteiger partial charge in [-0.05, 0) is 24.6 Å². The van der Waals surface area contributed by atoms with Crippen LogP contribution in [0.1, 0.15) is 36.7 Å². The van der Waals surface area contributed by atoms with Crippen LogP contribution in [0.4, 0.5) is 5.82 Å². The molecule has 3 N–H and O–H groups in total. The summed E-state index contributed by atoms with van der Waals surface area (Å²) in [4.78, 5) is 8.83. The van der Waals surface area contributed by atoms with Gasteiger partial charge in [0.25, 0.3) is 0 Å². The molecule has 21 heavy (non-hydrogen) atoms. The molecule has 0 radical (unpaired) electrons. The lowest BCUT2D eigenvalue weighted by Crippen LogP contribution is -2.14. The lowest BCUT2D eigenvalue weighted by atomic mass is 10.2. The van der Waals surface area contributed by atoms with Crippen molar-refractivity contribution in [3.8, 4) is 5.88 Å². The monoisotopic (exact) mass is 306 g/mol. The number of benzene rings is 1. The summed E-state index contributed by atoms with van der Waals surface area (Å²) in [6.07, 6.45) is 0. The van der Waals surface area contributed by atoms with Crippen molar-refractivity contribution in [3.05, 3.63) is 46.2 Å². The number of nitrogen functional groups attached to an aromatic ring is 1. The van der Waals surface area contributed by atoms with E-state index in [-0.39, 0.29) is 5.92 Å². The number of aromatic nitrogens is 2. The number of ether oxygens (including phenoxy) is 1. The van der Waals surface area contributed by atoms with Gasteiger partial charge in [-0.2, -0.15) is 4.98 Å². The SMILES string of the molecule is Cc1c(NN)nc(C(C)C)nc1OCc1ccc(Cl)cc1. The normalized spacial score (nSPS) is 10.8. The lowest BCUT2D eigenvalue weighted by Gasteiger charge is -2.14. The minimum Gasteiger partial charge on any atom is -0.472 e. The first kappa shape index (κ1) is 15.5. The van der Waals surface area contributed by atoms with E-state index in [0.717, 1.165) is 11.1 Å². The highest BCUT2D eigenvalue weighted by molar-refractivity contribution is 6.30. The van der Waals surface area contributed by atoms with Gasteiger partial charge in [0.15, 0.2) is 0 Å². The second-order valence-electron chi connectivity index (χ2n) is 5.07. The zero-order valence-corrected chi connectivity index (χ0v) is 13.1. The number of anilines is 1. The van der Waals surface area contributed by atoms with E-state index in [2.05, 4.69) is 15.4 Å². The Kier molecular flexibility index (Phi) is 4.98. The summed E-state index contributed by atoms with van der Waals surface area (Å²) in [5.41, 5.74) is 4.40. The summed E-state index contributed by atoms with van der Waals surface area (Å²) in [5.74, 6) is 7.51. The summed E-state index contributed by atoms with van der Waals surface area (Å²) in [6.45, 7) is 6.33. The maximum atomic E-state index is 5.87. The Morgan fingerprint density at radius 1 is 1.24 bits per heavy atom. The number of rotatable bonds is 5. The first-order valence-corrected chi connectivity index (χ1v) is 7.11. The third kappa shape index (κ3) is 3.83. The quantitative estimate of drug-likeness (QED) is 0.654. The second-order valence-corrected chi connectivity index (χ2v) is 5.51. The molecule has 6 heteroatoms. The highest BCUT2D eigenvalue weighted by Gasteiger charge is 2.13. The smallest absolute Gasteiger partial charge is 0.222 e. The molecule has 0 aliphatic rings. The second kappa shape index (κ2) is 6.74. The molecule has 0 saturated heterocycles. The number of halogens is 1. The highest BCUT2D eigenvalue weighted by Crippen LogP contribution is 2.25. The van der Waals surface area contributed by atoms with Crippen LogP contribution in [0.25, 0.3) is 0 Å². The minimum absolute atomic E-state index is 0.190. The van der Waals surface area contributed by atoms with Gasteiger partial charge in [-0.3, -0.25) is 0 Å². The Labute approximate surface area is 129 Å². The van der Waals surface area contributed by atoms with Gasteiger partial charge >= 0.3 is 0 Å². The molecule has 1 aromatic carbocycles. The fourth-order valence-electron chi connectivity index (χ4n) is 1.78. The van der Waals surface area contributed by atoms with Gasteiger partial charge in [-0.1, -0.05) is 37.6 Å². The van der Waals surface area contributed by atoms with Crippen molar-refractivity contribution in [2.45, 2.75) is 33.3 Å². The van der Waals surface area contributed by atoms with Crippen LogP contribution in [0, 0.1) is 6.92 Å². The van der Waals surface area contributed by atoms with Gasteiger partial charge in [-0.25, -0.2) is 10.8 Å². The topological polar surface area (TPSA) is 73.1 Å². The fourth-order valence-corrected chi connectivity index (χ4v) is 1.91. The summed E-state index contributed by atoms with van der Waals surface area (Å²) in [5, 5.41) is 0.702. The molecule has 0 saturated carbocycles. The Bertz CT molecular complexity index is 614. The van der Waals surface area contributed by atoms with Crippen molar-refractivity contribution in [2.24, 2.45) is 5.84 Å². The summed E-state index contributed by atoms with van der Waals surface area (Å²) >= 11 is 5.87. The third-order valence-corrected chi connectivity index (χ3v) is 3.31. The van der Waals surface area contributed by atoms with Gasteiger partial charge in [0, 0.05) is 10.9 Å². The van der Waals surface area contributed by atoms with E-state index >= 15 is 0 Å². The molecule has 2 aromatic rings. The van der Waals surface area contributed by atoms with Crippen LogP contribution >= 0.6 is 11.6 Å². The zero-order valence-electron chi connectivity index (χ0n) is 12.4. The van der Waals surface area contributed by atoms with Crippen molar-refractivity contribution >= 4 is 17.4 Å². The van der Waals surface area contributed by atoms with Crippen LogP contribution < -0.4 is 16.0 Å². The van der Waals surface area contributed by atoms with Gasteiger partial charge in [0.2, 0.25) is 5.88 Å². The molecule has 5 nitrogen and oxygen atoms in total. The fraction of sp³-hybridized carbons (Fsp3) is 0.333. The molecule has 1 aromatic heterocycles. The van der Waals surface area contributed by atoms with E-state index in [1.54, 1.807) is 0 Å². The maximum Gasteiger partial charge on any atom is 0.222 e. The van der Waals surface area contributed by atoms with Crippen molar-refractivity contribution in [1.82, 2.24) is 9.97 Å². The highest BCUT2D eigenvalue weighted by atomic mass is 35.5. The molecule has 0 aliphatic heterocycles. The van der Waals surface area contributed by atoms with Crippen molar-refractivity contribution in [1.29, 1.82) is 0 Å². The first-order chi connectivity index (χ1) is 10.0. The predicted molar refractivity (Wildman–Crippen MR) is 84.5 cm³/mol. The van der Waals surface area contributed by atoms with Crippen LogP contribution in [-0.4, -0.2) is 9.97 Å². The van der Waals surface area contributed by atoms with Crippen molar-refractivity contribution in [3.63, 3.8) is 0 Å². The van der Waals surface area contributed by atoms with Crippen LogP contribution in [-0.2, 0) is 6.61 Å². The molecule has 2 rings (SSSR count). The van der Waals surface area contributed by atoms with Crippen molar-refractivity contribution in [2.75, 3.05) is 5.43 Å². The number of hydrazine groups is 1. The molecule has 112 valence electrons. The van der Waals surface area contributed by atoms with E-state index in [1.807, 2.05) is 45.0 Å². The lowest BCUT2D eigenvalue weighted by molar-refractivity contribution is 0.289. The molecule has 1 heterocycles. The van der Waals surface area contributed by atoms with E-state index in [9.17, 15) is 0 Å². The van der Waals surface area contributed by atoms with Crippen LogP contribution in [0.5, 0.6) is 5.88 Å². The van der Waals surface area contributed by atoms with Gasteiger partial charge in [0.05, 0.1) is 5.56 Å². The number of nitrogens with two attached hydrogens (primary N) is 1. The number of nitrogens with zero attached hydrogens (tertiary/aromatic N) is 2. The Hall–Kier alpha value is -1.85. The molecule has 0 aliphatic carbocycles. The zero-order chi connectivity index (χ0) is 15.4. The predicted octanol–water partition coefficient (Wildman–Crippen LogP) is 3.43. The van der Waals surface area contributed by atoms with E-state index in [0.29, 0.717) is 29.2 Å². The van der Waals surface area contributed by atoms with Crippen LogP contribution in [0.3, 0.4) is 0 Å². The average Bonchev–Trinajstić information content (AvgIpc) is 2.47. The Morgan fingerprint density at radius 3 is 2.48 bits per heavy atom. The van der Waals surface area contributed by atoms with Gasteiger partial charge < -0.3 is 10.2 Å². The molecular weight excluding hydrogens is 288 g/mol. The standard InChI is InChI=1S/C15H19ClN4O/c1-9(2)13-18-14(20-17)10(3)15(19-13)21-8-11-4-6-12(16)7-5-11/h4-7,9H,8,17H2,1-3H3,(H,18,19,20). The molecule has 0 fully saturated rings. The summed E-state index contributed by atoms with van der Waals surface area (Å²) in [6, 6.07) is 7.51. The Morgan fingerprint density at radius 2 is 1.90 bits per heavy atom. The number of hydrogen-bond acceptors (Lipinski definition) is 5. The number of nitrogens with one attached hydrogen (secondary N) is 1. The Balaban J connectivity index is 2.22. The first-order valence-electron chi connectivity index (χ1n) is 6.73. The van der Waals surface area contributed by atoms with Crippen LogP contribution in [0.2, 0.25) is 5.02 Å². The third-order valence-electron chi connectivity index (χ3n) is 3.06. The molecule has 0 amide bonds. The van der Waals surface area contributed by atoms with E-state index in [1.165, 1.54) is 0 Å².